The third-order valence-electron chi connectivity index (χ3n) is 4.03. The van der Waals surface area contributed by atoms with Gasteiger partial charge in [0.05, 0.1) is 24.5 Å². The highest BCUT2D eigenvalue weighted by Gasteiger charge is 2.49. The van der Waals surface area contributed by atoms with Crippen molar-refractivity contribution < 1.29 is 5.11 Å². The standard InChI is InChI=1S/C10H15N3OS/c14-7-10-3-1-2-8(10)5-13(6-10)9-4-11-15-12-9/h4,8,14H,1-3,5-7H2. The molecule has 3 rings (SSSR count). The second kappa shape index (κ2) is 3.42. The second-order valence-electron chi connectivity index (χ2n) is 4.76. The zero-order valence-corrected chi connectivity index (χ0v) is 9.41. The fraction of sp³-hybridized carbons (Fsp3) is 0.800. The van der Waals surface area contributed by atoms with Crippen LogP contribution in [0.4, 0.5) is 5.82 Å². The van der Waals surface area contributed by atoms with Crippen molar-refractivity contribution >= 4 is 17.5 Å². The molecule has 5 heteroatoms. The Morgan fingerprint density at radius 3 is 3.27 bits per heavy atom. The van der Waals surface area contributed by atoms with Crippen molar-refractivity contribution in [2.24, 2.45) is 11.3 Å². The quantitative estimate of drug-likeness (QED) is 0.820. The van der Waals surface area contributed by atoms with Crippen molar-refractivity contribution in [3.63, 3.8) is 0 Å². The highest BCUT2D eigenvalue weighted by atomic mass is 32.1. The molecule has 4 nitrogen and oxygen atoms in total. The first-order valence-corrected chi connectivity index (χ1v) is 6.20. The van der Waals surface area contributed by atoms with Gasteiger partial charge in [0.25, 0.3) is 0 Å². The SMILES string of the molecule is OCC12CCCC1CN(c1cnsn1)C2. The van der Waals surface area contributed by atoms with E-state index in [1.165, 1.54) is 31.0 Å². The molecule has 1 aromatic heterocycles. The Labute approximate surface area is 93.3 Å². The van der Waals surface area contributed by atoms with Gasteiger partial charge in [-0.25, -0.2) is 0 Å². The highest BCUT2D eigenvalue weighted by molar-refractivity contribution is 6.99. The van der Waals surface area contributed by atoms with Crippen LogP contribution in [0.1, 0.15) is 19.3 Å². The van der Waals surface area contributed by atoms with Gasteiger partial charge in [-0.15, -0.1) is 0 Å². The first-order valence-electron chi connectivity index (χ1n) is 5.47. The molecule has 1 aliphatic carbocycles. The van der Waals surface area contributed by atoms with Crippen LogP contribution in [0.2, 0.25) is 0 Å². The van der Waals surface area contributed by atoms with Crippen molar-refractivity contribution in [1.82, 2.24) is 8.75 Å². The summed E-state index contributed by atoms with van der Waals surface area (Å²) in [4.78, 5) is 2.28. The molecule has 82 valence electrons. The van der Waals surface area contributed by atoms with Crippen LogP contribution in [0, 0.1) is 11.3 Å². The smallest absolute Gasteiger partial charge is 0.162 e. The molecule has 1 aromatic rings. The van der Waals surface area contributed by atoms with E-state index in [1.807, 2.05) is 6.20 Å². The Hall–Kier alpha value is -0.680. The largest absolute Gasteiger partial charge is 0.396 e. The zero-order valence-electron chi connectivity index (χ0n) is 8.59. The van der Waals surface area contributed by atoms with E-state index in [1.54, 1.807) is 0 Å². The molecule has 0 aromatic carbocycles. The number of aliphatic hydroxyl groups excluding tert-OH is 1. The molecule has 1 saturated carbocycles. The molecular formula is C10H15N3OS. The minimum absolute atomic E-state index is 0.156. The molecule has 0 bridgehead atoms. The van der Waals surface area contributed by atoms with Crippen molar-refractivity contribution in [3.05, 3.63) is 6.20 Å². The number of nitrogens with zero attached hydrogens (tertiary/aromatic N) is 3. The Morgan fingerprint density at radius 1 is 1.67 bits per heavy atom. The zero-order chi connectivity index (χ0) is 10.3. The number of hydrogen-bond acceptors (Lipinski definition) is 5. The topological polar surface area (TPSA) is 49.2 Å². The average Bonchev–Trinajstić information content (AvgIpc) is 2.92. The van der Waals surface area contributed by atoms with Crippen LogP contribution >= 0.6 is 11.7 Å². The summed E-state index contributed by atoms with van der Waals surface area (Å²) in [6.45, 7) is 2.33. The van der Waals surface area contributed by atoms with Gasteiger partial charge in [0.15, 0.2) is 5.82 Å². The Kier molecular flexibility index (Phi) is 2.17. The fourth-order valence-corrected chi connectivity index (χ4v) is 3.58. The second-order valence-corrected chi connectivity index (χ2v) is 5.31. The number of aromatic nitrogens is 2. The van der Waals surface area contributed by atoms with Gasteiger partial charge in [0, 0.05) is 18.5 Å². The lowest BCUT2D eigenvalue weighted by Gasteiger charge is -2.25. The molecule has 0 spiro atoms. The maximum atomic E-state index is 9.58. The van der Waals surface area contributed by atoms with Gasteiger partial charge in [-0.3, -0.25) is 0 Å². The summed E-state index contributed by atoms with van der Waals surface area (Å²) in [6.07, 6.45) is 5.53. The van der Waals surface area contributed by atoms with Crippen LogP contribution < -0.4 is 4.90 Å². The van der Waals surface area contributed by atoms with E-state index in [-0.39, 0.29) is 5.41 Å². The molecule has 2 aliphatic rings. The van der Waals surface area contributed by atoms with E-state index in [0.29, 0.717) is 12.5 Å². The van der Waals surface area contributed by atoms with Gasteiger partial charge in [-0.2, -0.15) is 8.75 Å². The Balaban J connectivity index is 1.83. The van der Waals surface area contributed by atoms with Gasteiger partial charge in [-0.05, 0) is 18.8 Å². The minimum atomic E-state index is 0.156. The minimum Gasteiger partial charge on any atom is -0.396 e. The number of anilines is 1. The van der Waals surface area contributed by atoms with Gasteiger partial charge >= 0.3 is 0 Å². The predicted octanol–water partition coefficient (Wildman–Crippen LogP) is 1.14. The van der Waals surface area contributed by atoms with Crippen LogP contribution in [-0.4, -0.2) is 33.6 Å². The molecule has 0 amide bonds. The molecule has 15 heavy (non-hydrogen) atoms. The summed E-state index contributed by atoms with van der Waals surface area (Å²) in [5.74, 6) is 1.64. The lowest BCUT2D eigenvalue weighted by atomic mass is 9.82. The molecule has 2 fully saturated rings. The molecule has 2 heterocycles. The number of aliphatic hydroxyl groups is 1. The summed E-state index contributed by atoms with van der Waals surface area (Å²) in [7, 11) is 0. The van der Waals surface area contributed by atoms with Gasteiger partial charge < -0.3 is 10.0 Å². The van der Waals surface area contributed by atoms with Crippen molar-refractivity contribution in [2.75, 3.05) is 24.6 Å². The first-order chi connectivity index (χ1) is 7.34. The number of hydrogen-bond donors (Lipinski definition) is 1. The molecular weight excluding hydrogens is 210 g/mol. The van der Waals surface area contributed by atoms with Crippen LogP contribution in [0.3, 0.4) is 0 Å². The summed E-state index contributed by atoms with van der Waals surface area (Å²) >= 11 is 1.26. The monoisotopic (exact) mass is 225 g/mol. The van der Waals surface area contributed by atoms with Crippen LogP contribution in [0.5, 0.6) is 0 Å². The van der Waals surface area contributed by atoms with Crippen LogP contribution in [-0.2, 0) is 0 Å². The molecule has 1 N–H and O–H groups in total. The van der Waals surface area contributed by atoms with E-state index in [9.17, 15) is 5.11 Å². The van der Waals surface area contributed by atoms with E-state index in [2.05, 4.69) is 13.6 Å². The summed E-state index contributed by atoms with van der Waals surface area (Å²) in [5.41, 5.74) is 0.156. The summed E-state index contributed by atoms with van der Waals surface area (Å²) in [6, 6.07) is 0. The maximum absolute atomic E-state index is 9.58. The van der Waals surface area contributed by atoms with E-state index in [0.717, 1.165) is 18.9 Å². The first kappa shape index (κ1) is 9.54. The van der Waals surface area contributed by atoms with Gasteiger partial charge in [-0.1, -0.05) is 6.42 Å². The van der Waals surface area contributed by atoms with E-state index < -0.39 is 0 Å². The van der Waals surface area contributed by atoms with E-state index in [4.69, 9.17) is 0 Å². The van der Waals surface area contributed by atoms with Gasteiger partial charge in [0.2, 0.25) is 0 Å². The van der Waals surface area contributed by atoms with Gasteiger partial charge in [0.1, 0.15) is 0 Å². The fourth-order valence-electron chi connectivity index (χ4n) is 3.15. The number of rotatable bonds is 2. The number of fused-ring (bicyclic) bond motifs is 1. The predicted molar refractivity (Wildman–Crippen MR) is 59.0 cm³/mol. The molecule has 0 radical (unpaired) electrons. The van der Waals surface area contributed by atoms with Crippen molar-refractivity contribution in [3.8, 4) is 0 Å². The lowest BCUT2D eigenvalue weighted by molar-refractivity contribution is 0.121. The van der Waals surface area contributed by atoms with Crippen molar-refractivity contribution in [2.45, 2.75) is 19.3 Å². The third kappa shape index (κ3) is 1.37. The van der Waals surface area contributed by atoms with Crippen LogP contribution in [0.15, 0.2) is 6.20 Å². The normalized spacial score (nSPS) is 34.7. The molecule has 1 saturated heterocycles. The third-order valence-corrected chi connectivity index (χ3v) is 4.50. The molecule has 2 atom stereocenters. The Morgan fingerprint density at radius 2 is 2.60 bits per heavy atom. The van der Waals surface area contributed by atoms with Crippen LogP contribution in [0.25, 0.3) is 0 Å². The Bertz CT molecular complexity index is 342. The molecule has 1 aliphatic heterocycles. The summed E-state index contributed by atoms with van der Waals surface area (Å²) in [5, 5.41) is 9.58. The van der Waals surface area contributed by atoms with E-state index >= 15 is 0 Å². The average molecular weight is 225 g/mol. The maximum Gasteiger partial charge on any atom is 0.162 e. The van der Waals surface area contributed by atoms with Crippen molar-refractivity contribution in [1.29, 1.82) is 0 Å². The highest BCUT2D eigenvalue weighted by Crippen LogP contribution is 2.48. The lowest BCUT2D eigenvalue weighted by Crippen LogP contribution is -2.31. The molecule has 2 unspecified atom stereocenters. The summed E-state index contributed by atoms with van der Waals surface area (Å²) < 4.78 is 8.30.